The number of non-ortho nitro benzene ring substituents is 1. The molecule has 10 heteroatoms. The standard InChI is InChI=1S/C17H22F3NO5S/c1-6-26-14(22)17(19,20)16(5,10-27(25)15(2,3)4)12-9-11(21(23)24)7-8-13(12)18/h7-9H,6,10H2,1-5H3/t16-,27+/m1/s1. The van der Waals surface area contributed by atoms with Gasteiger partial charge in [0.1, 0.15) is 5.82 Å². The Morgan fingerprint density at radius 3 is 2.26 bits per heavy atom. The lowest BCUT2D eigenvalue weighted by Crippen LogP contribution is -2.54. The predicted molar refractivity (Wildman–Crippen MR) is 94.7 cm³/mol. The van der Waals surface area contributed by atoms with Gasteiger partial charge in [-0.25, -0.2) is 9.18 Å². The smallest absolute Gasteiger partial charge is 0.377 e. The third kappa shape index (κ3) is 4.66. The summed E-state index contributed by atoms with van der Waals surface area (Å²) in [5, 5.41) is 11.0. The van der Waals surface area contributed by atoms with Crippen molar-refractivity contribution in [2.75, 3.05) is 12.4 Å². The highest BCUT2D eigenvalue weighted by Gasteiger charge is 2.60. The summed E-state index contributed by atoms with van der Waals surface area (Å²) in [5.74, 6) is -8.16. The van der Waals surface area contributed by atoms with Crippen molar-refractivity contribution in [2.45, 2.75) is 50.7 Å². The molecule has 0 heterocycles. The molecule has 0 spiro atoms. The number of benzene rings is 1. The number of hydrogen-bond donors (Lipinski definition) is 0. The first kappa shape index (κ1) is 23.1. The molecule has 0 aliphatic heterocycles. The lowest BCUT2D eigenvalue weighted by atomic mass is 9.77. The van der Waals surface area contributed by atoms with Crippen LogP contribution in [0.2, 0.25) is 0 Å². The monoisotopic (exact) mass is 409 g/mol. The number of nitrogens with zero attached hydrogens (tertiary/aromatic N) is 1. The number of carbonyl (C=O) groups is 1. The summed E-state index contributed by atoms with van der Waals surface area (Å²) in [5.41, 5.74) is -4.03. The molecule has 2 atom stereocenters. The Hall–Kier alpha value is -1.97. The van der Waals surface area contributed by atoms with Gasteiger partial charge in [-0.2, -0.15) is 8.78 Å². The van der Waals surface area contributed by atoms with E-state index in [9.17, 15) is 23.5 Å². The topological polar surface area (TPSA) is 86.5 Å². The van der Waals surface area contributed by atoms with Crippen LogP contribution in [-0.4, -0.2) is 38.1 Å². The quantitative estimate of drug-likeness (QED) is 0.389. The molecule has 27 heavy (non-hydrogen) atoms. The van der Waals surface area contributed by atoms with E-state index < -0.39 is 60.6 Å². The van der Waals surface area contributed by atoms with Gasteiger partial charge in [-0.15, -0.1) is 0 Å². The van der Waals surface area contributed by atoms with Crippen LogP contribution in [0, 0.1) is 15.9 Å². The van der Waals surface area contributed by atoms with E-state index in [0.29, 0.717) is 12.1 Å². The molecule has 0 amide bonds. The minimum absolute atomic E-state index is 0.343. The summed E-state index contributed by atoms with van der Waals surface area (Å²) in [6.07, 6.45) is 0. The van der Waals surface area contributed by atoms with E-state index in [1.807, 2.05) is 0 Å². The number of nitro groups is 1. The van der Waals surface area contributed by atoms with E-state index >= 15 is 8.78 Å². The molecular formula is C17H22F3NO5S. The molecule has 0 aliphatic rings. The van der Waals surface area contributed by atoms with E-state index in [-0.39, 0.29) is 6.61 Å². The third-order valence-corrected chi connectivity index (χ3v) is 6.29. The van der Waals surface area contributed by atoms with Gasteiger partial charge >= 0.3 is 11.9 Å². The van der Waals surface area contributed by atoms with E-state index in [1.54, 1.807) is 0 Å². The minimum Gasteiger partial charge on any atom is -0.462 e. The molecule has 0 saturated carbocycles. The van der Waals surface area contributed by atoms with Gasteiger partial charge in [-0.3, -0.25) is 14.3 Å². The van der Waals surface area contributed by atoms with Crippen LogP contribution in [0.3, 0.4) is 0 Å². The largest absolute Gasteiger partial charge is 0.462 e. The zero-order valence-corrected chi connectivity index (χ0v) is 16.5. The molecule has 1 aromatic carbocycles. The molecule has 0 aliphatic carbocycles. The zero-order chi connectivity index (χ0) is 21.2. The van der Waals surface area contributed by atoms with Gasteiger partial charge < -0.3 is 4.74 Å². The van der Waals surface area contributed by atoms with Crippen LogP contribution in [-0.2, 0) is 25.7 Å². The maximum Gasteiger partial charge on any atom is 0.377 e. The Balaban J connectivity index is 3.70. The van der Waals surface area contributed by atoms with Crippen molar-refractivity contribution in [3.63, 3.8) is 0 Å². The van der Waals surface area contributed by atoms with Crippen molar-refractivity contribution in [2.24, 2.45) is 0 Å². The van der Waals surface area contributed by atoms with E-state index in [2.05, 4.69) is 4.74 Å². The molecule has 0 aromatic heterocycles. The number of carbonyl (C=O) groups excluding carboxylic acids is 1. The second-order valence-electron chi connectivity index (χ2n) is 7.15. The third-order valence-electron chi connectivity index (χ3n) is 4.08. The Kier molecular flexibility index (Phi) is 6.80. The average molecular weight is 409 g/mol. The van der Waals surface area contributed by atoms with Crippen LogP contribution in [0.4, 0.5) is 18.9 Å². The molecule has 0 unspecified atom stereocenters. The molecule has 0 bridgehead atoms. The SMILES string of the molecule is CCOC(=O)C(F)(F)[C@](C)(C[S@](=O)C(C)(C)C)c1cc([N+](=O)[O-])ccc1F. The summed E-state index contributed by atoms with van der Waals surface area (Å²) in [7, 11) is -1.92. The van der Waals surface area contributed by atoms with Crippen LogP contribution in [0.15, 0.2) is 18.2 Å². The molecule has 152 valence electrons. The van der Waals surface area contributed by atoms with E-state index in [4.69, 9.17) is 0 Å². The second kappa shape index (κ2) is 7.95. The van der Waals surface area contributed by atoms with Crippen molar-refractivity contribution in [3.8, 4) is 0 Å². The van der Waals surface area contributed by atoms with E-state index in [1.165, 1.54) is 27.7 Å². The molecule has 0 N–H and O–H groups in total. The Labute approximate surface area is 157 Å². The summed E-state index contributed by atoms with van der Waals surface area (Å²) < 4.78 is 60.6. The van der Waals surface area contributed by atoms with Gasteiger partial charge in [0.15, 0.2) is 0 Å². The highest BCUT2D eigenvalue weighted by molar-refractivity contribution is 7.86. The summed E-state index contributed by atoms with van der Waals surface area (Å²) in [6.45, 7) is 6.45. The van der Waals surface area contributed by atoms with Gasteiger partial charge in [0.05, 0.1) is 16.9 Å². The lowest BCUT2D eigenvalue weighted by molar-refractivity contribution is -0.385. The van der Waals surface area contributed by atoms with Crippen LogP contribution >= 0.6 is 0 Å². The minimum atomic E-state index is -4.28. The van der Waals surface area contributed by atoms with Crippen molar-refractivity contribution in [3.05, 3.63) is 39.7 Å². The fraction of sp³-hybridized carbons (Fsp3) is 0.588. The summed E-state index contributed by atoms with van der Waals surface area (Å²) in [4.78, 5) is 22.1. The molecule has 0 saturated heterocycles. The van der Waals surface area contributed by atoms with Gasteiger partial charge in [0.25, 0.3) is 5.69 Å². The van der Waals surface area contributed by atoms with Gasteiger partial charge in [-0.1, -0.05) is 0 Å². The average Bonchev–Trinajstić information content (AvgIpc) is 2.53. The molecule has 1 aromatic rings. The zero-order valence-electron chi connectivity index (χ0n) is 15.7. The Bertz CT molecular complexity index is 763. The number of alkyl halides is 2. The van der Waals surface area contributed by atoms with Crippen LogP contribution < -0.4 is 0 Å². The fourth-order valence-corrected chi connectivity index (χ4v) is 3.61. The Morgan fingerprint density at radius 1 is 1.26 bits per heavy atom. The van der Waals surface area contributed by atoms with Crippen LogP contribution in [0.25, 0.3) is 0 Å². The predicted octanol–water partition coefficient (Wildman–Crippen LogP) is 3.74. The molecule has 0 radical (unpaired) electrons. The lowest BCUT2D eigenvalue weighted by Gasteiger charge is -2.37. The van der Waals surface area contributed by atoms with Gasteiger partial charge in [0.2, 0.25) is 0 Å². The van der Waals surface area contributed by atoms with Crippen molar-refractivity contribution >= 4 is 22.5 Å². The fourth-order valence-electron chi connectivity index (χ4n) is 2.31. The van der Waals surface area contributed by atoms with Crippen molar-refractivity contribution < 1.29 is 31.8 Å². The van der Waals surface area contributed by atoms with Gasteiger partial charge in [-0.05, 0) is 40.7 Å². The Morgan fingerprint density at radius 2 is 1.81 bits per heavy atom. The molecule has 1 rings (SSSR count). The maximum absolute atomic E-state index is 15.1. The molecule has 0 fully saturated rings. The first-order chi connectivity index (χ1) is 12.2. The van der Waals surface area contributed by atoms with Crippen molar-refractivity contribution in [1.29, 1.82) is 0 Å². The number of halogens is 3. The summed E-state index contributed by atoms with van der Waals surface area (Å²) in [6, 6.07) is 2.14. The highest BCUT2D eigenvalue weighted by Crippen LogP contribution is 2.44. The van der Waals surface area contributed by atoms with Crippen LogP contribution in [0.5, 0.6) is 0 Å². The number of hydrogen-bond acceptors (Lipinski definition) is 5. The second-order valence-corrected chi connectivity index (χ2v) is 9.35. The number of rotatable bonds is 7. The molecule has 6 nitrogen and oxygen atoms in total. The maximum atomic E-state index is 15.1. The summed E-state index contributed by atoms with van der Waals surface area (Å²) >= 11 is 0. The number of nitro benzene ring substituents is 1. The number of ether oxygens (including phenoxy) is 1. The van der Waals surface area contributed by atoms with Crippen LogP contribution in [0.1, 0.15) is 40.2 Å². The van der Waals surface area contributed by atoms with Crippen molar-refractivity contribution in [1.82, 2.24) is 0 Å². The first-order valence-corrected chi connectivity index (χ1v) is 9.38. The first-order valence-electron chi connectivity index (χ1n) is 8.06. The number of esters is 1. The normalized spacial score (nSPS) is 15.7. The van der Waals surface area contributed by atoms with Gasteiger partial charge in [0, 0.05) is 39.0 Å². The molecular weight excluding hydrogens is 387 g/mol. The van der Waals surface area contributed by atoms with E-state index in [0.717, 1.165) is 13.0 Å². The highest BCUT2D eigenvalue weighted by atomic mass is 32.2.